The number of sulfonamides is 1. The van der Waals surface area contributed by atoms with Gasteiger partial charge in [0, 0.05) is 23.4 Å². The zero-order valence-electron chi connectivity index (χ0n) is 11.0. The van der Waals surface area contributed by atoms with E-state index in [0.29, 0.717) is 0 Å². The van der Waals surface area contributed by atoms with Gasteiger partial charge in [-0.3, -0.25) is 0 Å². The Kier molecular flexibility index (Phi) is 4.82. The molecule has 1 aromatic carbocycles. The third-order valence-corrected chi connectivity index (χ3v) is 6.47. The number of rotatable bonds is 5. The molecule has 1 aromatic heterocycles. The zero-order valence-corrected chi connectivity index (χ0v) is 14.2. The van der Waals surface area contributed by atoms with Crippen molar-refractivity contribution in [3.63, 3.8) is 0 Å². The van der Waals surface area contributed by atoms with Crippen LogP contribution in [0.3, 0.4) is 0 Å². The number of carboxylic acids is 1. The summed E-state index contributed by atoms with van der Waals surface area (Å²) in [5, 5.41) is 10.2. The average molecular weight is 390 g/mol. The molecule has 21 heavy (non-hydrogen) atoms. The Hall–Kier alpha value is -1.22. The number of nitrogens with zero attached hydrogens (tertiary/aromatic N) is 1. The summed E-state index contributed by atoms with van der Waals surface area (Å²) in [5.74, 6) is -1.13. The van der Waals surface area contributed by atoms with E-state index >= 15 is 0 Å². The molecule has 112 valence electrons. The van der Waals surface area contributed by atoms with Gasteiger partial charge in [0.05, 0.1) is 4.90 Å². The molecule has 0 saturated carbocycles. The van der Waals surface area contributed by atoms with Crippen LogP contribution in [0.25, 0.3) is 0 Å². The van der Waals surface area contributed by atoms with E-state index in [-0.39, 0.29) is 16.3 Å². The Morgan fingerprint density at radius 3 is 2.62 bits per heavy atom. The number of hydrogen-bond acceptors (Lipinski definition) is 4. The minimum absolute atomic E-state index is 0.000506. The van der Waals surface area contributed by atoms with E-state index in [4.69, 9.17) is 5.11 Å². The molecule has 2 rings (SSSR count). The SMILES string of the molecule is CN(Cc1ccccc1Br)S(=O)(=O)c1csc(C(=O)O)c1. The van der Waals surface area contributed by atoms with E-state index in [1.165, 1.54) is 22.8 Å². The van der Waals surface area contributed by atoms with Crippen LogP contribution in [0.1, 0.15) is 15.2 Å². The van der Waals surface area contributed by atoms with Crippen LogP contribution in [-0.2, 0) is 16.6 Å². The van der Waals surface area contributed by atoms with Crippen LogP contribution in [-0.4, -0.2) is 30.8 Å². The molecule has 1 N–H and O–H groups in total. The molecule has 0 radical (unpaired) electrons. The molecular weight excluding hydrogens is 378 g/mol. The molecule has 0 unspecified atom stereocenters. The van der Waals surface area contributed by atoms with Crippen molar-refractivity contribution in [1.29, 1.82) is 0 Å². The van der Waals surface area contributed by atoms with Crippen LogP contribution >= 0.6 is 27.3 Å². The maximum atomic E-state index is 12.4. The third-order valence-electron chi connectivity index (χ3n) is 2.85. The molecule has 0 spiro atoms. The van der Waals surface area contributed by atoms with E-state index in [0.717, 1.165) is 21.4 Å². The van der Waals surface area contributed by atoms with Gasteiger partial charge in [0.2, 0.25) is 10.0 Å². The average Bonchev–Trinajstić information content (AvgIpc) is 2.91. The van der Waals surface area contributed by atoms with Crippen LogP contribution in [0, 0.1) is 0 Å². The highest BCUT2D eigenvalue weighted by Crippen LogP contribution is 2.24. The fraction of sp³-hybridized carbons (Fsp3) is 0.154. The lowest BCUT2D eigenvalue weighted by molar-refractivity contribution is 0.0702. The molecule has 0 aliphatic rings. The minimum Gasteiger partial charge on any atom is -0.477 e. The molecule has 0 bridgehead atoms. The van der Waals surface area contributed by atoms with Crippen molar-refractivity contribution in [3.05, 3.63) is 50.6 Å². The Bertz CT molecular complexity index is 770. The van der Waals surface area contributed by atoms with E-state index in [2.05, 4.69) is 15.9 Å². The molecule has 0 atom stereocenters. The Labute approximate surface area is 135 Å². The maximum absolute atomic E-state index is 12.4. The van der Waals surface area contributed by atoms with Crippen molar-refractivity contribution in [3.8, 4) is 0 Å². The van der Waals surface area contributed by atoms with Gasteiger partial charge in [-0.1, -0.05) is 34.1 Å². The van der Waals surface area contributed by atoms with Gasteiger partial charge in [0.15, 0.2) is 0 Å². The summed E-state index contributed by atoms with van der Waals surface area (Å²) in [6, 6.07) is 8.52. The maximum Gasteiger partial charge on any atom is 0.345 e. The third kappa shape index (κ3) is 3.52. The second-order valence-corrected chi connectivity index (χ2v) is 8.11. The van der Waals surface area contributed by atoms with Crippen LogP contribution in [0.4, 0.5) is 0 Å². The number of benzene rings is 1. The first-order valence-electron chi connectivity index (χ1n) is 5.84. The first-order valence-corrected chi connectivity index (χ1v) is 8.95. The Morgan fingerprint density at radius 1 is 1.38 bits per heavy atom. The van der Waals surface area contributed by atoms with Crippen molar-refractivity contribution in [2.75, 3.05) is 7.05 Å². The van der Waals surface area contributed by atoms with Gasteiger partial charge in [0.25, 0.3) is 0 Å². The molecule has 0 fully saturated rings. The highest BCUT2D eigenvalue weighted by molar-refractivity contribution is 9.10. The van der Waals surface area contributed by atoms with E-state index < -0.39 is 16.0 Å². The molecule has 5 nitrogen and oxygen atoms in total. The van der Waals surface area contributed by atoms with Crippen molar-refractivity contribution >= 4 is 43.3 Å². The number of thiophene rings is 1. The summed E-state index contributed by atoms with van der Waals surface area (Å²) in [4.78, 5) is 10.8. The number of carbonyl (C=O) groups is 1. The van der Waals surface area contributed by atoms with E-state index in [1.54, 1.807) is 0 Å². The predicted octanol–water partition coefficient (Wildman–Crippen LogP) is 3.03. The summed E-state index contributed by atoms with van der Waals surface area (Å²) in [6.07, 6.45) is 0. The van der Waals surface area contributed by atoms with Crippen molar-refractivity contribution in [1.82, 2.24) is 4.31 Å². The smallest absolute Gasteiger partial charge is 0.345 e. The summed E-state index contributed by atoms with van der Waals surface area (Å²) >= 11 is 4.27. The normalized spacial score (nSPS) is 11.8. The number of halogens is 1. The second kappa shape index (κ2) is 6.27. The van der Waals surface area contributed by atoms with Gasteiger partial charge in [0.1, 0.15) is 4.88 Å². The topological polar surface area (TPSA) is 74.7 Å². The lowest BCUT2D eigenvalue weighted by Gasteiger charge is -2.17. The Morgan fingerprint density at radius 2 is 2.05 bits per heavy atom. The number of aromatic carboxylic acids is 1. The predicted molar refractivity (Wildman–Crippen MR) is 84.1 cm³/mol. The van der Waals surface area contributed by atoms with Gasteiger partial charge >= 0.3 is 5.97 Å². The van der Waals surface area contributed by atoms with Crippen LogP contribution in [0.15, 0.2) is 45.1 Å². The van der Waals surface area contributed by atoms with Gasteiger partial charge in [-0.05, 0) is 17.7 Å². The Balaban J connectivity index is 2.26. The minimum atomic E-state index is -3.71. The molecule has 2 aromatic rings. The molecule has 1 heterocycles. The largest absolute Gasteiger partial charge is 0.477 e. The fourth-order valence-corrected chi connectivity index (χ4v) is 4.36. The van der Waals surface area contributed by atoms with Crippen molar-refractivity contribution < 1.29 is 18.3 Å². The van der Waals surface area contributed by atoms with E-state index in [9.17, 15) is 13.2 Å². The molecule has 0 aliphatic heterocycles. The number of carboxylic acid groups (broad SMARTS) is 1. The van der Waals surface area contributed by atoms with Crippen molar-refractivity contribution in [2.24, 2.45) is 0 Å². The fourth-order valence-electron chi connectivity index (χ4n) is 1.70. The standard InChI is InChI=1S/C13H12BrNO4S2/c1-15(7-9-4-2-3-5-11(9)14)21(18,19)10-6-12(13(16)17)20-8-10/h2-6,8H,7H2,1H3,(H,16,17). The van der Waals surface area contributed by atoms with Gasteiger partial charge in [-0.15, -0.1) is 11.3 Å². The summed E-state index contributed by atoms with van der Waals surface area (Å²) < 4.78 is 26.8. The van der Waals surface area contributed by atoms with E-state index in [1.807, 2.05) is 24.3 Å². The van der Waals surface area contributed by atoms with Gasteiger partial charge < -0.3 is 5.11 Å². The lowest BCUT2D eigenvalue weighted by Crippen LogP contribution is -2.26. The van der Waals surface area contributed by atoms with Gasteiger partial charge in [-0.2, -0.15) is 4.31 Å². The summed E-state index contributed by atoms with van der Waals surface area (Å²) in [7, 11) is -2.24. The summed E-state index contributed by atoms with van der Waals surface area (Å²) in [6.45, 7) is 0.196. The molecule has 0 saturated heterocycles. The first kappa shape index (κ1) is 16.2. The highest BCUT2D eigenvalue weighted by atomic mass is 79.9. The summed E-state index contributed by atoms with van der Waals surface area (Å²) in [5.41, 5.74) is 0.831. The molecular formula is C13H12BrNO4S2. The van der Waals surface area contributed by atoms with Crippen molar-refractivity contribution in [2.45, 2.75) is 11.4 Å². The first-order chi connectivity index (χ1) is 9.82. The quantitative estimate of drug-likeness (QED) is 0.852. The highest BCUT2D eigenvalue weighted by Gasteiger charge is 2.24. The lowest BCUT2D eigenvalue weighted by atomic mass is 10.2. The van der Waals surface area contributed by atoms with Crippen LogP contribution in [0.5, 0.6) is 0 Å². The van der Waals surface area contributed by atoms with Gasteiger partial charge in [-0.25, -0.2) is 13.2 Å². The monoisotopic (exact) mass is 389 g/mol. The van der Waals surface area contributed by atoms with Crippen LogP contribution in [0.2, 0.25) is 0 Å². The number of hydrogen-bond donors (Lipinski definition) is 1. The molecule has 0 amide bonds. The zero-order chi connectivity index (χ0) is 15.6. The molecule has 8 heteroatoms. The second-order valence-electron chi connectivity index (χ2n) is 4.30. The molecule has 0 aliphatic carbocycles. The van der Waals surface area contributed by atoms with Crippen LogP contribution < -0.4 is 0 Å².